The molecule has 0 saturated carbocycles. The third-order valence-electron chi connectivity index (χ3n) is 1.90. The van der Waals surface area contributed by atoms with E-state index in [-0.39, 0.29) is 5.57 Å². The van der Waals surface area contributed by atoms with Crippen molar-refractivity contribution in [3.05, 3.63) is 36.3 Å². The highest BCUT2D eigenvalue weighted by molar-refractivity contribution is 8.06. The summed E-state index contributed by atoms with van der Waals surface area (Å²) in [5, 5.41) is 23.3. The number of hydrogen-bond donors (Lipinski definition) is 1. The maximum absolute atomic E-state index is 8.75. The molecule has 1 N–H and O–H groups in total. The number of thioether (sulfide) groups is 1. The van der Waals surface area contributed by atoms with Gasteiger partial charge in [-0.3, -0.25) is 0 Å². The topological polar surface area (TPSA) is 59.6 Å². The average molecular weight is 300 g/mol. The summed E-state index contributed by atoms with van der Waals surface area (Å²) >= 11 is 14.4. The first-order valence-corrected chi connectivity index (χ1v) is 6.74. The van der Waals surface area contributed by atoms with E-state index in [0.717, 1.165) is 10.6 Å². The van der Waals surface area contributed by atoms with E-state index in [1.54, 1.807) is 6.07 Å². The number of nitrogens with one attached hydrogen (secondary N) is 1. The van der Waals surface area contributed by atoms with Gasteiger partial charge in [-0.2, -0.15) is 10.5 Å². The normalized spacial score (nSPS) is 13.6. The molecule has 1 aromatic heterocycles. The highest BCUT2D eigenvalue weighted by Gasteiger charge is 2.18. The first-order valence-electron chi connectivity index (χ1n) is 4.29. The zero-order valence-corrected chi connectivity index (χ0v) is 11.3. The number of nitrogens with zero attached hydrogens (tertiary/aromatic N) is 2. The van der Waals surface area contributed by atoms with Gasteiger partial charge in [-0.1, -0.05) is 35.0 Å². The minimum Gasteiger partial charge on any atom is -0.347 e. The van der Waals surface area contributed by atoms with Crippen LogP contribution in [-0.4, -0.2) is 0 Å². The third-order valence-corrected chi connectivity index (χ3v) is 4.70. The predicted molar refractivity (Wildman–Crippen MR) is 71.3 cm³/mol. The fourth-order valence-electron chi connectivity index (χ4n) is 1.15. The van der Waals surface area contributed by atoms with E-state index < -0.39 is 0 Å². The number of thiophene rings is 1. The van der Waals surface area contributed by atoms with Crippen LogP contribution in [0.25, 0.3) is 5.70 Å². The first-order chi connectivity index (χ1) is 8.15. The van der Waals surface area contributed by atoms with Crippen molar-refractivity contribution in [2.75, 3.05) is 0 Å². The molecule has 0 amide bonds. The summed E-state index contributed by atoms with van der Waals surface area (Å²) < 4.78 is 0.521. The number of rotatable bonds is 1. The van der Waals surface area contributed by atoms with Crippen LogP contribution in [0.5, 0.6) is 0 Å². The molecule has 0 fully saturated rings. The molecule has 1 aliphatic rings. The van der Waals surface area contributed by atoms with Gasteiger partial charge in [0, 0.05) is 5.41 Å². The molecule has 0 saturated heterocycles. The van der Waals surface area contributed by atoms with Crippen molar-refractivity contribution in [2.45, 2.75) is 0 Å². The van der Waals surface area contributed by atoms with Gasteiger partial charge in [0.05, 0.1) is 15.6 Å². The Kier molecular flexibility index (Phi) is 3.66. The summed E-state index contributed by atoms with van der Waals surface area (Å²) in [7, 11) is 0. The van der Waals surface area contributed by atoms with E-state index in [9.17, 15) is 0 Å². The minimum atomic E-state index is 0.0648. The molecule has 0 aromatic carbocycles. The van der Waals surface area contributed by atoms with Crippen molar-refractivity contribution in [3.63, 3.8) is 0 Å². The molecule has 0 spiro atoms. The summed E-state index contributed by atoms with van der Waals surface area (Å²) in [6, 6.07) is 5.42. The second-order valence-electron chi connectivity index (χ2n) is 2.93. The molecule has 17 heavy (non-hydrogen) atoms. The zero-order valence-electron chi connectivity index (χ0n) is 8.12. The largest absolute Gasteiger partial charge is 0.347 e. The van der Waals surface area contributed by atoms with E-state index in [0.29, 0.717) is 14.4 Å². The molecule has 0 aliphatic carbocycles. The fraction of sp³-hybridized carbons (Fsp3) is 0. The van der Waals surface area contributed by atoms with Gasteiger partial charge in [0.1, 0.15) is 21.5 Å². The molecule has 7 heteroatoms. The second-order valence-corrected chi connectivity index (χ2v) is 5.88. The lowest BCUT2D eigenvalue weighted by atomic mass is 10.3. The van der Waals surface area contributed by atoms with Crippen LogP contribution in [0.15, 0.2) is 22.1 Å². The lowest BCUT2D eigenvalue weighted by molar-refractivity contribution is 1.20. The molecular weight excluding hydrogens is 297 g/mol. The SMILES string of the molecule is N#CC(C#N)=C1NC(c2cc(Cl)c(Cl)s2)=CS1. The van der Waals surface area contributed by atoms with Crippen LogP contribution in [0.2, 0.25) is 9.36 Å². The summed E-state index contributed by atoms with van der Waals surface area (Å²) in [6.45, 7) is 0. The van der Waals surface area contributed by atoms with E-state index in [2.05, 4.69) is 5.32 Å². The fourth-order valence-corrected chi connectivity index (χ4v) is 3.36. The molecule has 2 rings (SSSR count). The molecule has 84 valence electrons. The molecule has 0 bridgehead atoms. The summed E-state index contributed by atoms with van der Waals surface area (Å²) in [5.41, 5.74) is 0.863. The van der Waals surface area contributed by atoms with E-state index >= 15 is 0 Å². The monoisotopic (exact) mass is 299 g/mol. The molecule has 0 atom stereocenters. The maximum Gasteiger partial charge on any atom is 0.160 e. The van der Waals surface area contributed by atoms with Crippen molar-refractivity contribution in [2.24, 2.45) is 0 Å². The molecule has 3 nitrogen and oxygen atoms in total. The Balaban J connectivity index is 2.27. The predicted octanol–water partition coefficient (Wildman–Crippen LogP) is 3.95. The van der Waals surface area contributed by atoms with Gasteiger partial charge in [0.15, 0.2) is 5.57 Å². The molecule has 1 aromatic rings. The van der Waals surface area contributed by atoms with Crippen molar-refractivity contribution >= 4 is 52.0 Å². The quantitative estimate of drug-likeness (QED) is 0.798. The van der Waals surface area contributed by atoms with Gasteiger partial charge in [0.2, 0.25) is 0 Å². The number of hydrogen-bond acceptors (Lipinski definition) is 5. The third kappa shape index (κ3) is 2.43. The van der Waals surface area contributed by atoms with Crippen LogP contribution >= 0.6 is 46.3 Å². The van der Waals surface area contributed by atoms with Crippen LogP contribution in [0.1, 0.15) is 4.88 Å². The Labute approximate surface area is 116 Å². The van der Waals surface area contributed by atoms with Crippen LogP contribution < -0.4 is 5.32 Å². The van der Waals surface area contributed by atoms with Crippen LogP contribution in [0, 0.1) is 22.7 Å². The Morgan fingerprint density at radius 1 is 1.29 bits per heavy atom. The zero-order chi connectivity index (χ0) is 12.4. The molecule has 0 radical (unpaired) electrons. The summed E-state index contributed by atoms with van der Waals surface area (Å²) in [5.74, 6) is 0. The first kappa shape index (κ1) is 12.3. The highest BCUT2D eigenvalue weighted by Crippen LogP contribution is 2.39. The van der Waals surface area contributed by atoms with Crippen LogP contribution in [0.4, 0.5) is 0 Å². The van der Waals surface area contributed by atoms with Crippen LogP contribution in [-0.2, 0) is 0 Å². The second kappa shape index (κ2) is 5.03. The smallest absolute Gasteiger partial charge is 0.160 e. The van der Waals surface area contributed by atoms with Crippen molar-refractivity contribution in [1.29, 1.82) is 10.5 Å². The van der Waals surface area contributed by atoms with E-state index in [1.807, 2.05) is 17.5 Å². The Morgan fingerprint density at radius 2 is 2.00 bits per heavy atom. The van der Waals surface area contributed by atoms with Crippen molar-refractivity contribution < 1.29 is 0 Å². The van der Waals surface area contributed by atoms with E-state index in [4.69, 9.17) is 33.7 Å². The van der Waals surface area contributed by atoms with Gasteiger partial charge in [-0.05, 0) is 6.07 Å². The molecule has 2 heterocycles. The van der Waals surface area contributed by atoms with Gasteiger partial charge < -0.3 is 5.32 Å². The minimum absolute atomic E-state index is 0.0648. The molecule has 0 unspecified atom stereocenters. The Morgan fingerprint density at radius 3 is 2.53 bits per heavy atom. The summed E-state index contributed by atoms with van der Waals surface area (Å²) in [6.07, 6.45) is 0. The standard InChI is InChI=1S/C10H3Cl2N3S2/c11-6-1-8(17-9(6)12)7-4-16-10(15-7)5(2-13)3-14/h1,4,15H. The Bertz CT molecular complexity index is 581. The van der Waals surface area contributed by atoms with Gasteiger partial charge in [-0.25, -0.2) is 0 Å². The van der Waals surface area contributed by atoms with Gasteiger partial charge in [0.25, 0.3) is 0 Å². The lowest BCUT2D eigenvalue weighted by Crippen LogP contribution is -2.04. The average Bonchev–Trinajstić information content (AvgIpc) is 2.89. The molecular formula is C10H3Cl2N3S2. The van der Waals surface area contributed by atoms with E-state index in [1.165, 1.54) is 23.1 Å². The lowest BCUT2D eigenvalue weighted by Gasteiger charge is -2.01. The summed E-state index contributed by atoms with van der Waals surface area (Å²) in [4.78, 5) is 0.873. The molecule has 1 aliphatic heterocycles. The number of nitriles is 2. The maximum atomic E-state index is 8.75. The van der Waals surface area contributed by atoms with Crippen molar-refractivity contribution in [1.82, 2.24) is 5.32 Å². The van der Waals surface area contributed by atoms with Crippen LogP contribution in [0.3, 0.4) is 0 Å². The van der Waals surface area contributed by atoms with Gasteiger partial charge >= 0.3 is 0 Å². The number of halogens is 2. The van der Waals surface area contributed by atoms with Crippen molar-refractivity contribution in [3.8, 4) is 12.1 Å². The Hall–Kier alpha value is -1.11. The number of allylic oxidation sites excluding steroid dienone is 1. The highest BCUT2D eigenvalue weighted by atomic mass is 35.5. The van der Waals surface area contributed by atoms with Gasteiger partial charge in [-0.15, -0.1) is 11.3 Å².